The number of nitrogens with zero attached hydrogens (tertiary/aromatic N) is 6. The number of nitrogens with one attached hydrogen (secondary N) is 1. The van der Waals surface area contributed by atoms with Crippen LogP contribution in [0, 0.1) is 5.92 Å². The summed E-state index contributed by atoms with van der Waals surface area (Å²) in [4.78, 5) is 14.1. The van der Waals surface area contributed by atoms with Crippen LogP contribution in [0.4, 0.5) is 17.3 Å². The highest BCUT2D eigenvalue weighted by molar-refractivity contribution is 5.75. The normalized spacial score (nSPS) is 22.7. The Morgan fingerprint density at radius 1 is 1.00 bits per heavy atom. The molecule has 0 spiro atoms. The van der Waals surface area contributed by atoms with Crippen molar-refractivity contribution in [3.8, 4) is 0 Å². The summed E-state index contributed by atoms with van der Waals surface area (Å²) >= 11 is 0. The van der Waals surface area contributed by atoms with Crippen LogP contribution in [0.5, 0.6) is 0 Å². The van der Waals surface area contributed by atoms with E-state index in [-0.39, 0.29) is 0 Å². The molecule has 0 atom stereocenters. The van der Waals surface area contributed by atoms with Gasteiger partial charge in [-0.3, -0.25) is 0 Å². The van der Waals surface area contributed by atoms with Gasteiger partial charge in [0.15, 0.2) is 5.65 Å². The fourth-order valence-corrected chi connectivity index (χ4v) is 4.63. The minimum Gasteiger partial charge on any atom is -0.369 e. The average Bonchev–Trinajstić information content (AvgIpc) is 3.18. The molecule has 3 N–H and O–H groups in total. The molecule has 2 aromatic heterocycles. The number of hydrogen-bond donors (Lipinski definition) is 2. The Balaban J connectivity index is 1.27. The Labute approximate surface area is 183 Å². The van der Waals surface area contributed by atoms with Crippen LogP contribution in [0.15, 0.2) is 36.7 Å². The SMILES string of the molecule is CN1CCN(c2ccc(Nc3ncc4cnn(C[C@H]5CC[C@H](N)CC5)c4n3)cc2)CC1. The van der Waals surface area contributed by atoms with E-state index in [2.05, 4.69) is 56.5 Å². The van der Waals surface area contributed by atoms with E-state index in [1.165, 1.54) is 18.5 Å². The summed E-state index contributed by atoms with van der Waals surface area (Å²) in [6.07, 6.45) is 8.25. The van der Waals surface area contributed by atoms with Gasteiger partial charge in [0.2, 0.25) is 5.95 Å². The van der Waals surface area contributed by atoms with Gasteiger partial charge in [0.1, 0.15) is 0 Å². The number of fused-ring (bicyclic) bond motifs is 1. The highest BCUT2D eigenvalue weighted by Gasteiger charge is 2.20. The number of anilines is 3. The van der Waals surface area contributed by atoms with E-state index in [9.17, 15) is 0 Å². The molecule has 31 heavy (non-hydrogen) atoms. The summed E-state index contributed by atoms with van der Waals surface area (Å²) in [6.45, 7) is 5.25. The minimum absolute atomic E-state index is 0.367. The molecule has 3 heterocycles. The molecule has 1 aromatic carbocycles. The molecule has 164 valence electrons. The number of piperazine rings is 1. The highest BCUT2D eigenvalue weighted by atomic mass is 15.3. The number of likely N-dealkylation sites (N-methyl/N-ethyl adjacent to an activating group) is 1. The third kappa shape index (κ3) is 4.65. The van der Waals surface area contributed by atoms with Crippen molar-refractivity contribution >= 4 is 28.4 Å². The minimum atomic E-state index is 0.367. The smallest absolute Gasteiger partial charge is 0.229 e. The Bertz CT molecular complexity index is 998. The third-order valence-corrected chi connectivity index (χ3v) is 6.69. The first-order valence-electron chi connectivity index (χ1n) is 11.4. The number of nitrogens with two attached hydrogens (primary N) is 1. The van der Waals surface area contributed by atoms with Crippen molar-refractivity contribution in [1.29, 1.82) is 0 Å². The molecule has 1 saturated carbocycles. The van der Waals surface area contributed by atoms with Gasteiger partial charge in [-0.25, -0.2) is 9.67 Å². The summed E-state index contributed by atoms with van der Waals surface area (Å²) < 4.78 is 2.03. The molecule has 0 unspecified atom stereocenters. The molecule has 2 fully saturated rings. The molecule has 0 radical (unpaired) electrons. The van der Waals surface area contributed by atoms with Crippen LogP contribution in [0.1, 0.15) is 25.7 Å². The number of aromatic nitrogens is 4. The molecular weight excluding hydrogens is 388 g/mol. The van der Waals surface area contributed by atoms with Crippen molar-refractivity contribution in [1.82, 2.24) is 24.6 Å². The molecule has 8 heteroatoms. The molecule has 1 saturated heterocycles. The van der Waals surface area contributed by atoms with Crippen LogP contribution in [-0.4, -0.2) is 63.9 Å². The fraction of sp³-hybridized carbons (Fsp3) is 0.522. The first-order chi connectivity index (χ1) is 15.1. The van der Waals surface area contributed by atoms with Crippen molar-refractivity contribution in [2.45, 2.75) is 38.3 Å². The standard InChI is InChI=1S/C23H32N8/c1-29-10-12-30(13-11-29)21-8-6-20(7-9-21)27-23-25-14-18-15-26-31(22(18)28-23)16-17-2-4-19(24)5-3-17/h6-9,14-15,17,19H,2-5,10-13,16,24H2,1H3,(H,25,27,28)/t17-,19-. The first kappa shape index (κ1) is 20.2. The zero-order chi connectivity index (χ0) is 21.2. The molecule has 1 aliphatic heterocycles. The van der Waals surface area contributed by atoms with Crippen molar-refractivity contribution in [2.75, 3.05) is 43.4 Å². The van der Waals surface area contributed by atoms with E-state index in [1.54, 1.807) is 0 Å². The van der Waals surface area contributed by atoms with E-state index in [0.29, 0.717) is 17.9 Å². The van der Waals surface area contributed by atoms with E-state index in [1.807, 2.05) is 17.1 Å². The molecule has 0 amide bonds. The van der Waals surface area contributed by atoms with E-state index in [4.69, 9.17) is 10.7 Å². The van der Waals surface area contributed by atoms with E-state index < -0.39 is 0 Å². The van der Waals surface area contributed by atoms with Gasteiger partial charge in [0.05, 0.1) is 11.6 Å². The lowest BCUT2D eigenvalue weighted by Gasteiger charge is -2.34. The van der Waals surface area contributed by atoms with Crippen molar-refractivity contribution in [2.24, 2.45) is 11.7 Å². The van der Waals surface area contributed by atoms with Crippen LogP contribution in [-0.2, 0) is 6.54 Å². The zero-order valence-corrected chi connectivity index (χ0v) is 18.2. The van der Waals surface area contributed by atoms with Gasteiger partial charge in [0.25, 0.3) is 0 Å². The Morgan fingerprint density at radius 2 is 1.74 bits per heavy atom. The second kappa shape index (κ2) is 8.80. The predicted octanol–water partition coefficient (Wildman–Crippen LogP) is 2.84. The number of benzene rings is 1. The summed E-state index contributed by atoms with van der Waals surface area (Å²) in [5.41, 5.74) is 9.20. The second-order valence-electron chi connectivity index (χ2n) is 9.04. The van der Waals surface area contributed by atoms with Crippen LogP contribution in [0.3, 0.4) is 0 Å². The summed E-state index contributed by atoms with van der Waals surface area (Å²) in [5, 5.41) is 8.90. The second-order valence-corrected chi connectivity index (χ2v) is 9.04. The quantitative estimate of drug-likeness (QED) is 0.656. The maximum Gasteiger partial charge on any atom is 0.229 e. The monoisotopic (exact) mass is 420 g/mol. The highest BCUT2D eigenvalue weighted by Crippen LogP contribution is 2.26. The van der Waals surface area contributed by atoms with Gasteiger partial charge in [-0.1, -0.05) is 0 Å². The van der Waals surface area contributed by atoms with Gasteiger partial charge in [-0.05, 0) is 62.9 Å². The van der Waals surface area contributed by atoms with Gasteiger partial charge in [-0.2, -0.15) is 10.1 Å². The molecule has 1 aliphatic carbocycles. The van der Waals surface area contributed by atoms with Gasteiger partial charge < -0.3 is 20.9 Å². The molecule has 3 aromatic rings. The lowest BCUT2D eigenvalue weighted by atomic mass is 9.86. The summed E-state index contributed by atoms with van der Waals surface area (Å²) in [7, 11) is 2.18. The summed E-state index contributed by atoms with van der Waals surface area (Å²) in [6, 6.07) is 8.91. The van der Waals surface area contributed by atoms with Gasteiger partial charge >= 0.3 is 0 Å². The van der Waals surface area contributed by atoms with Gasteiger partial charge in [-0.15, -0.1) is 0 Å². The van der Waals surface area contributed by atoms with Crippen LogP contribution in [0.25, 0.3) is 11.0 Å². The van der Waals surface area contributed by atoms with Gasteiger partial charge in [0, 0.05) is 56.3 Å². The van der Waals surface area contributed by atoms with Crippen LogP contribution < -0.4 is 16.0 Å². The lowest BCUT2D eigenvalue weighted by molar-refractivity contribution is 0.288. The van der Waals surface area contributed by atoms with Crippen molar-refractivity contribution in [3.63, 3.8) is 0 Å². The third-order valence-electron chi connectivity index (χ3n) is 6.69. The van der Waals surface area contributed by atoms with E-state index in [0.717, 1.165) is 62.3 Å². The van der Waals surface area contributed by atoms with Crippen LogP contribution >= 0.6 is 0 Å². The Hall–Kier alpha value is -2.71. The first-order valence-corrected chi connectivity index (χ1v) is 11.4. The van der Waals surface area contributed by atoms with Crippen LogP contribution in [0.2, 0.25) is 0 Å². The Morgan fingerprint density at radius 3 is 2.48 bits per heavy atom. The average molecular weight is 421 g/mol. The topological polar surface area (TPSA) is 88.1 Å². The molecule has 0 bridgehead atoms. The van der Waals surface area contributed by atoms with E-state index >= 15 is 0 Å². The molecular formula is C23H32N8. The maximum atomic E-state index is 6.06. The largest absolute Gasteiger partial charge is 0.369 e. The molecule has 8 nitrogen and oxygen atoms in total. The van der Waals surface area contributed by atoms with Crippen molar-refractivity contribution in [3.05, 3.63) is 36.7 Å². The zero-order valence-electron chi connectivity index (χ0n) is 18.2. The molecule has 2 aliphatic rings. The summed E-state index contributed by atoms with van der Waals surface area (Å²) in [5.74, 6) is 1.23. The molecule has 5 rings (SSSR count). The Kier molecular flexibility index (Phi) is 5.74. The number of hydrogen-bond acceptors (Lipinski definition) is 7. The predicted molar refractivity (Wildman–Crippen MR) is 125 cm³/mol. The number of rotatable bonds is 5. The van der Waals surface area contributed by atoms with Crippen molar-refractivity contribution < 1.29 is 0 Å². The fourth-order valence-electron chi connectivity index (χ4n) is 4.63. The maximum absolute atomic E-state index is 6.06. The lowest BCUT2D eigenvalue weighted by Crippen LogP contribution is -2.44.